The van der Waals surface area contributed by atoms with Crippen LogP contribution in [0.3, 0.4) is 0 Å². The number of carbonyl (C=O) groups excluding carboxylic acids is 1. The van der Waals surface area contributed by atoms with E-state index < -0.39 is 0 Å². The molecule has 1 aliphatic heterocycles. The monoisotopic (exact) mass is 380 g/mol. The van der Waals surface area contributed by atoms with Gasteiger partial charge in [-0.25, -0.2) is 9.67 Å². The summed E-state index contributed by atoms with van der Waals surface area (Å²) in [4.78, 5) is 19.5. The van der Waals surface area contributed by atoms with E-state index in [1.807, 2.05) is 0 Å². The summed E-state index contributed by atoms with van der Waals surface area (Å²) in [5.74, 6) is 0.653. The van der Waals surface area contributed by atoms with Crippen LogP contribution in [0.25, 0.3) is 0 Å². The molecule has 2 aromatic heterocycles. The average molecular weight is 381 g/mol. The van der Waals surface area contributed by atoms with Crippen LogP contribution in [0, 0.1) is 0 Å². The van der Waals surface area contributed by atoms with Gasteiger partial charge in [0.1, 0.15) is 6.04 Å². The first kappa shape index (κ1) is 19.7. The minimum Gasteiger partial charge on any atom is -0.354 e. The Morgan fingerprint density at radius 1 is 1.52 bits per heavy atom. The van der Waals surface area contributed by atoms with Crippen molar-refractivity contribution in [2.45, 2.75) is 17.6 Å². The first-order valence-corrected chi connectivity index (χ1v) is 7.62. The summed E-state index contributed by atoms with van der Waals surface area (Å²) in [5.41, 5.74) is 1.83. The Labute approximate surface area is 149 Å². The fourth-order valence-electron chi connectivity index (χ4n) is 2.20. The van der Waals surface area contributed by atoms with Crippen LogP contribution in [0.15, 0.2) is 11.5 Å². The number of aromatic nitrogens is 6. The van der Waals surface area contributed by atoms with Gasteiger partial charge in [0.2, 0.25) is 11.1 Å². The average Bonchev–Trinajstić information content (AvgIpc) is 3.11. The summed E-state index contributed by atoms with van der Waals surface area (Å²) >= 11 is 1.50. The second-order valence-electron chi connectivity index (χ2n) is 4.63. The summed E-state index contributed by atoms with van der Waals surface area (Å²) in [6.45, 7) is 1.32. The van der Waals surface area contributed by atoms with Gasteiger partial charge in [0, 0.05) is 38.0 Å². The Morgan fingerprint density at radius 3 is 3.09 bits per heavy atom. The lowest BCUT2D eigenvalue weighted by molar-refractivity contribution is -0.123. The zero-order valence-electron chi connectivity index (χ0n) is 12.4. The number of imidazole rings is 1. The van der Waals surface area contributed by atoms with Crippen LogP contribution < -0.4 is 10.6 Å². The SMILES string of the molecule is Cl.Cl.Cn1nnnc1SCCNC(=O)C1NCCc2[nH]cnc21. The Bertz CT molecular complexity index is 633. The zero-order chi connectivity index (χ0) is 14.7. The molecule has 1 aliphatic rings. The first-order chi connectivity index (χ1) is 10.3. The van der Waals surface area contributed by atoms with Crippen LogP contribution in [0.2, 0.25) is 0 Å². The van der Waals surface area contributed by atoms with Crippen molar-refractivity contribution in [2.75, 3.05) is 18.8 Å². The van der Waals surface area contributed by atoms with Crippen LogP contribution in [0.4, 0.5) is 0 Å². The number of nitrogens with one attached hydrogen (secondary N) is 3. The lowest BCUT2D eigenvalue weighted by atomic mass is 10.1. The number of hydrogen-bond donors (Lipinski definition) is 3. The van der Waals surface area contributed by atoms with E-state index in [0.717, 1.165) is 29.5 Å². The van der Waals surface area contributed by atoms with Crippen molar-refractivity contribution < 1.29 is 4.79 Å². The Hall–Kier alpha value is -1.36. The van der Waals surface area contributed by atoms with Gasteiger partial charge in [0.25, 0.3) is 0 Å². The molecule has 0 bridgehead atoms. The van der Waals surface area contributed by atoms with Crippen molar-refractivity contribution in [2.24, 2.45) is 7.05 Å². The maximum absolute atomic E-state index is 12.2. The number of rotatable bonds is 5. The highest BCUT2D eigenvalue weighted by Crippen LogP contribution is 2.19. The van der Waals surface area contributed by atoms with E-state index in [1.54, 1.807) is 18.1 Å². The summed E-state index contributed by atoms with van der Waals surface area (Å²) in [5, 5.41) is 18.0. The van der Waals surface area contributed by atoms with Crippen LogP contribution in [-0.4, -0.2) is 54.9 Å². The maximum atomic E-state index is 12.2. The van der Waals surface area contributed by atoms with Crippen molar-refractivity contribution >= 4 is 42.5 Å². The third kappa shape index (κ3) is 4.56. The number of thioether (sulfide) groups is 1. The molecule has 1 unspecified atom stereocenters. The number of fused-ring (bicyclic) bond motifs is 1. The highest BCUT2D eigenvalue weighted by molar-refractivity contribution is 7.99. The van der Waals surface area contributed by atoms with E-state index in [4.69, 9.17) is 0 Å². The van der Waals surface area contributed by atoms with Gasteiger partial charge in [-0.15, -0.1) is 29.9 Å². The molecule has 12 heteroatoms. The van der Waals surface area contributed by atoms with Crippen molar-refractivity contribution in [1.29, 1.82) is 0 Å². The number of nitrogens with zero attached hydrogens (tertiary/aromatic N) is 5. The largest absolute Gasteiger partial charge is 0.354 e. The number of amides is 1. The van der Waals surface area contributed by atoms with E-state index in [1.165, 1.54) is 11.8 Å². The number of carbonyl (C=O) groups is 1. The minimum absolute atomic E-state index is 0. The van der Waals surface area contributed by atoms with Gasteiger partial charge in [-0.3, -0.25) is 4.79 Å². The van der Waals surface area contributed by atoms with Gasteiger partial charge in [-0.2, -0.15) is 0 Å². The van der Waals surface area contributed by atoms with Gasteiger partial charge >= 0.3 is 0 Å². The molecule has 1 amide bonds. The third-order valence-electron chi connectivity index (χ3n) is 3.22. The molecule has 0 aromatic carbocycles. The topological polar surface area (TPSA) is 113 Å². The van der Waals surface area contributed by atoms with Gasteiger partial charge in [0.05, 0.1) is 12.0 Å². The predicted molar refractivity (Wildman–Crippen MR) is 90.1 cm³/mol. The molecule has 0 radical (unpaired) electrons. The number of aromatic amines is 1. The second-order valence-corrected chi connectivity index (χ2v) is 5.69. The van der Waals surface area contributed by atoms with Crippen molar-refractivity contribution in [3.8, 4) is 0 Å². The van der Waals surface area contributed by atoms with Crippen LogP contribution in [0.5, 0.6) is 0 Å². The highest BCUT2D eigenvalue weighted by Gasteiger charge is 2.27. The predicted octanol–water partition coefficient (Wildman–Crippen LogP) is -0.128. The summed E-state index contributed by atoms with van der Waals surface area (Å²) in [7, 11) is 1.78. The summed E-state index contributed by atoms with van der Waals surface area (Å²) < 4.78 is 1.60. The Morgan fingerprint density at radius 2 is 2.35 bits per heavy atom. The molecule has 0 saturated heterocycles. The summed E-state index contributed by atoms with van der Waals surface area (Å²) in [6, 6.07) is -0.374. The molecular weight excluding hydrogens is 363 g/mol. The van der Waals surface area contributed by atoms with Gasteiger partial charge in [0.15, 0.2) is 0 Å². The molecule has 128 valence electrons. The van der Waals surface area contributed by atoms with Crippen LogP contribution in [0.1, 0.15) is 17.4 Å². The van der Waals surface area contributed by atoms with Gasteiger partial charge < -0.3 is 15.6 Å². The molecule has 0 fully saturated rings. The van der Waals surface area contributed by atoms with Crippen molar-refractivity contribution in [3.63, 3.8) is 0 Å². The third-order valence-corrected chi connectivity index (χ3v) is 4.24. The normalized spacial score (nSPS) is 16.0. The van der Waals surface area contributed by atoms with Crippen molar-refractivity contribution in [3.05, 3.63) is 17.7 Å². The number of H-pyrrole nitrogens is 1. The molecule has 0 saturated carbocycles. The van der Waals surface area contributed by atoms with E-state index >= 15 is 0 Å². The van der Waals surface area contributed by atoms with E-state index in [-0.39, 0.29) is 36.8 Å². The van der Waals surface area contributed by atoms with Crippen molar-refractivity contribution in [1.82, 2.24) is 40.8 Å². The second kappa shape index (κ2) is 9.06. The molecular formula is C11H18Cl2N8OS. The number of aryl methyl sites for hydroxylation is 1. The standard InChI is InChI=1S/C11H16N8OS.2ClH/c1-19-11(16-17-18-19)21-5-4-13-10(20)9-8-7(2-3-12-9)14-6-15-8;;/h6,9,12H,2-5H2,1H3,(H,13,20)(H,14,15);2*1H. The van der Waals surface area contributed by atoms with Gasteiger partial charge in [-0.1, -0.05) is 11.8 Å². The molecule has 0 spiro atoms. The molecule has 9 nitrogen and oxygen atoms in total. The first-order valence-electron chi connectivity index (χ1n) is 6.64. The van der Waals surface area contributed by atoms with E-state index in [9.17, 15) is 4.79 Å². The molecule has 3 N–H and O–H groups in total. The Balaban J connectivity index is 0.00000132. The smallest absolute Gasteiger partial charge is 0.243 e. The van der Waals surface area contributed by atoms with E-state index in [2.05, 4.69) is 36.1 Å². The molecule has 2 aromatic rings. The Kier molecular flexibility index (Phi) is 7.76. The minimum atomic E-state index is -0.374. The lowest BCUT2D eigenvalue weighted by Gasteiger charge is -2.22. The number of halogens is 2. The quantitative estimate of drug-likeness (QED) is 0.489. The van der Waals surface area contributed by atoms with E-state index in [0.29, 0.717) is 12.3 Å². The zero-order valence-corrected chi connectivity index (χ0v) is 14.8. The fraction of sp³-hybridized carbons (Fsp3) is 0.545. The molecule has 3 heterocycles. The molecule has 1 atom stereocenters. The molecule has 23 heavy (non-hydrogen) atoms. The number of tetrazole rings is 1. The fourth-order valence-corrected chi connectivity index (χ4v) is 2.90. The van der Waals surface area contributed by atoms with Crippen LogP contribution in [-0.2, 0) is 18.3 Å². The maximum Gasteiger partial charge on any atom is 0.243 e. The molecule has 0 aliphatic carbocycles. The van der Waals surface area contributed by atoms with Crippen LogP contribution >= 0.6 is 36.6 Å². The lowest BCUT2D eigenvalue weighted by Crippen LogP contribution is -2.42. The molecule has 3 rings (SSSR count). The highest BCUT2D eigenvalue weighted by atomic mass is 35.5. The van der Waals surface area contributed by atoms with Gasteiger partial charge in [-0.05, 0) is 10.4 Å². The summed E-state index contributed by atoms with van der Waals surface area (Å²) in [6.07, 6.45) is 2.50. The number of hydrogen-bond acceptors (Lipinski definition) is 7.